The van der Waals surface area contributed by atoms with E-state index in [9.17, 15) is 9.59 Å². The fraction of sp³-hybridized carbons (Fsp3) is 0.100. The van der Waals surface area contributed by atoms with Gasteiger partial charge < -0.3 is 0 Å². The van der Waals surface area contributed by atoms with Crippen LogP contribution in [0.4, 0.5) is 0 Å². The van der Waals surface area contributed by atoms with Crippen LogP contribution in [0.2, 0.25) is 0 Å². The number of hydrogen-bond acceptors (Lipinski definition) is 4. The number of rotatable bonds is 6. The smallest absolute Gasteiger partial charge is 0.172 e. The van der Waals surface area contributed by atoms with E-state index in [1.54, 1.807) is 48.9 Å². The molecule has 4 nitrogen and oxygen atoms in total. The maximum absolute atomic E-state index is 12.9. The van der Waals surface area contributed by atoms with E-state index in [2.05, 4.69) is 9.97 Å². The van der Waals surface area contributed by atoms with Gasteiger partial charge in [0.15, 0.2) is 11.6 Å². The van der Waals surface area contributed by atoms with E-state index in [-0.39, 0.29) is 18.0 Å². The lowest BCUT2D eigenvalue weighted by atomic mass is 9.86. The molecule has 4 heteroatoms. The molecule has 0 radical (unpaired) electrons. The molecule has 0 fully saturated rings. The quantitative estimate of drug-likeness (QED) is 0.650. The van der Waals surface area contributed by atoms with Gasteiger partial charge in [-0.3, -0.25) is 19.6 Å². The Bertz CT molecular complexity index is 818. The van der Waals surface area contributed by atoms with Crippen molar-refractivity contribution in [1.29, 1.82) is 0 Å². The summed E-state index contributed by atoms with van der Waals surface area (Å²) in [7, 11) is 0. The van der Waals surface area contributed by atoms with Crippen molar-refractivity contribution in [2.75, 3.05) is 0 Å². The third-order valence-electron chi connectivity index (χ3n) is 3.83. The maximum atomic E-state index is 12.9. The zero-order valence-electron chi connectivity index (χ0n) is 13.0. The molecular weight excluding hydrogens is 300 g/mol. The van der Waals surface area contributed by atoms with E-state index >= 15 is 0 Å². The van der Waals surface area contributed by atoms with Gasteiger partial charge in [0.25, 0.3) is 0 Å². The molecule has 1 unspecified atom stereocenters. The number of pyridine rings is 2. The Balaban J connectivity index is 1.91. The minimum absolute atomic E-state index is 0.0679. The molecule has 0 N–H and O–H groups in total. The second-order valence-electron chi connectivity index (χ2n) is 5.44. The average molecular weight is 316 g/mol. The molecule has 1 atom stereocenters. The molecule has 0 saturated carbocycles. The van der Waals surface area contributed by atoms with Gasteiger partial charge in [0.1, 0.15) is 0 Å². The van der Waals surface area contributed by atoms with Crippen LogP contribution >= 0.6 is 0 Å². The van der Waals surface area contributed by atoms with E-state index < -0.39 is 5.92 Å². The monoisotopic (exact) mass is 316 g/mol. The predicted octanol–water partition coefficient (Wildman–Crippen LogP) is 3.72. The van der Waals surface area contributed by atoms with Crippen LogP contribution in [0.5, 0.6) is 0 Å². The van der Waals surface area contributed by atoms with Crippen LogP contribution in [0.1, 0.15) is 38.6 Å². The van der Waals surface area contributed by atoms with Gasteiger partial charge in [0.2, 0.25) is 0 Å². The Kier molecular flexibility index (Phi) is 4.87. The molecule has 0 saturated heterocycles. The van der Waals surface area contributed by atoms with Crippen molar-refractivity contribution in [3.8, 4) is 0 Å². The molecular formula is C20H16N2O2. The van der Waals surface area contributed by atoms with Crippen LogP contribution in [-0.2, 0) is 0 Å². The van der Waals surface area contributed by atoms with Crippen molar-refractivity contribution >= 4 is 11.6 Å². The Labute approximate surface area is 140 Å². The van der Waals surface area contributed by atoms with E-state index in [4.69, 9.17) is 0 Å². The number of Topliss-reactive ketones (excluding diaryl/α,β-unsaturated/α-hetero) is 2. The van der Waals surface area contributed by atoms with Crippen molar-refractivity contribution in [2.45, 2.75) is 12.3 Å². The van der Waals surface area contributed by atoms with Gasteiger partial charge in [-0.15, -0.1) is 0 Å². The van der Waals surface area contributed by atoms with Crippen LogP contribution in [-0.4, -0.2) is 21.5 Å². The normalized spacial score (nSPS) is 11.7. The second-order valence-corrected chi connectivity index (χ2v) is 5.44. The molecule has 24 heavy (non-hydrogen) atoms. The minimum atomic E-state index is -0.574. The zero-order chi connectivity index (χ0) is 16.8. The van der Waals surface area contributed by atoms with Crippen LogP contribution in [0.25, 0.3) is 0 Å². The average Bonchev–Trinajstić information content (AvgIpc) is 2.67. The molecule has 0 aliphatic rings. The highest BCUT2D eigenvalue weighted by Crippen LogP contribution is 2.25. The fourth-order valence-electron chi connectivity index (χ4n) is 2.58. The number of aromatic nitrogens is 2. The summed E-state index contributed by atoms with van der Waals surface area (Å²) in [5.41, 5.74) is 1.83. The third kappa shape index (κ3) is 3.60. The standard InChI is InChI=1S/C20H16N2O2/c23-19(15-6-2-1-3-7-15)12-18(16-8-4-10-21-13-16)20(24)17-9-5-11-22-14-17/h1-11,13-14,18H,12H2. The molecule has 0 spiro atoms. The molecule has 2 heterocycles. The van der Waals surface area contributed by atoms with Crippen LogP contribution in [0, 0.1) is 0 Å². The summed E-state index contributed by atoms with van der Waals surface area (Å²) in [6, 6.07) is 16.0. The first-order valence-electron chi connectivity index (χ1n) is 7.68. The van der Waals surface area contributed by atoms with Crippen molar-refractivity contribution in [3.05, 3.63) is 96.1 Å². The van der Waals surface area contributed by atoms with Crippen molar-refractivity contribution in [2.24, 2.45) is 0 Å². The molecule has 118 valence electrons. The molecule has 3 aromatic rings. The van der Waals surface area contributed by atoms with Gasteiger partial charge in [0, 0.05) is 42.3 Å². The molecule has 0 amide bonds. The SMILES string of the molecule is O=C(CC(C(=O)c1cccnc1)c1cccnc1)c1ccccc1. The van der Waals surface area contributed by atoms with E-state index in [0.717, 1.165) is 5.56 Å². The molecule has 0 aliphatic heterocycles. The van der Waals surface area contributed by atoms with E-state index in [1.165, 1.54) is 6.20 Å². The van der Waals surface area contributed by atoms with Crippen molar-refractivity contribution < 1.29 is 9.59 Å². The number of carbonyl (C=O) groups is 2. The summed E-state index contributed by atoms with van der Waals surface area (Å²) in [6.45, 7) is 0. The topological polar surface area (TPSA) is 59.9 Å². The fourth-order valence-corrected chi connectivity index (χ4v) is 2.58. The number of benzene rings is 1. The van der Waals surface area contributed by atoms with Crippen LogP contribution < -0.4 is 0 Å². The Morgan fingerprint density at radius 2 is 1.46 bits per heavy atom. The minimum Gasteiger partial charge on any atom is -0.294 e. The highest BCUT2D eigenvalue weighted by atomic mass is 16.1. The Morgan fingerprint density at radius 3 is 2.08 bits per heavy atom. The molecule has 1 aromatic carbocycles. The van der Waals surface area contributed by atoms with Gasteiger partial charge in [-0.2, -0.15) is 0 Å². The summed E-state index contributed by atoms with van der Waals surface area (Å²) in [6.07, 6.45) is 6.53. The lowest BCUT2D eigenvalue weighted by Crippen LogP contribution is -2.17. The summed E-state index contributed by atoms with van der Waals surface area (Å²) in [5, 5.41) is 0. The summed E-state index contributed by atoms with van der Waals surface area (Å²) in [4.78, 5) is 33.5. The van der Waals surface area contributed by atoms with Gasteiger partial charge in [-0.05, 0) is 23.8 Å². The predicted molar refractivity (Wildman–Crippen MR) is 90.9 cm³/mol. The summed E-state index contributed by atoms with van der Waals surface area (Å²) >= 11 is 0. The lowest BCUT2D eigenvalue weighted by Gasteiger charge is -2.15. The summed E-state index contributed by atoms with van der Waals surface area (Å²) in [5.74, 6) is -0.766. The van der Waals surface area contributed by atoms with Crippen LogP contribution in [0.3, 0.4) is 0 Å². The maximum Gasteiger partial charge on any atom is 0.172 e. The Morgan fingerprint density at radius 1 is 0.792 bits per heavy atom. The highest BCUT2D eigenvalue weighted by molar-refractivity contribution is 6.05. The highest BCUT2D eigenvalue weighted by Gasteiger charge is 2.25. The first kappa shape index (κ1) is 15.7. The molecule has 3 rings (SSSR count). The number of ketones is 2. The van der Waals surface area contributed by atoms with Gasteiger partial charge in [0.05, 0.1) is 5.92 Å². The molecule has 0 aliphatic carbocycles. The summed E-state index contributed by atoms with van der Waals surface area (Å²) < 4.78 is 0. The van der Waals surface area contributed by atoms with Crippen molar-refractivity contribution in [3.63, 3.8) is 0 Å². The van der Waals surface area contributed by atoms with E-state index in [1.807, 2.05) is 24.3 Å². The van der Waals surface area contributed by atoms with Crippen molar-refractivity contribution in [1.82, 2.24) is 9.97 Å². The largest absolute Gasteiger partial charge is 0.294 e. The van der Waals surface area contributed by atoms with Gasteiger partial charge in [-0.1, -0.05) is 36.4 Å². The van der Waals surface area contributed by atoms with Gasteiger partial charge in [-0.25, -0.2) is 0 Å². The lowest BCUT2D eigenvalue weighted by molar-refractivity contribution is 0.0893. The second kappa shape index (κ2) is 7.42. The molecule has 0 bridgehead atoms. The first-order chi connectivity index (χ1) is 11.8. The van der Waals surface area contributed by atoms with E-state index in [0.29, 0.717) is 11.1 Å². The number of carbonyl (C=O) groups excluding carboxylic acids is 2. The van der Waals surface area contributed by atoms with Gasteiger partial charge >= 0.3 is 0 Å². The van der Waals surface area contributed by atoms with Crippen LogP contribution in [0.15, 0.2) is 79.4 Å². The zero-order valence-corrected chi connectivity index (χ0v) is 13.0. The number of hydrogen-bond donors (Lipinski definition) is 0. The first-order valence-corrected chi connectivity index (χ1v) is 7.68. The number of nitrogens with zero attached hydrogens (tertiary/aromatic N) is 2. The molecule has 2 aromatic heterocycles. The third-order valence-corrected chi connectivity index (χ3v) is 3.83. The Hall–Kier alpha value is -3.14.